The lowest BCUT2D eigenvalue weighted by Gasteiger charge is -2.08. The van der Waals surface area contributed by atoms with Crippen LogP contribution in [0.15, 0.2) is 53.7 Å². The summed E-state index contributed by atoms with van der Waals surface area (Å²) in [6, 6.07) is 12.4. The fourth-order valence-corrected chi connectivity index (χ4v) is 3.56. The van der Waals surface area contributed by atoms with Gasteiger partial charge in [-0.1, -0.05) is 11.8 Å². The van der Waals surface area contributed by atoms with Crippen LogP contribution in [0.5, 0.6) is 0 Å². The average molecular weight is 441 g/mol. The van der Waals surface area contributed by atoms with E-state index < -0.39 is 10.9 Å². The van der Waals surface area contributed by atoms with Crippen LogP contribution in [-0.4, -0.2) is 44.4 Å². The molecule has 10 nitrogen and oxygen atoms in total. The van der Waals surface area contributed by atoms with Crippen molar-refractivity contribution in [1.82, 2.24) is 14.8 Å². The molecule has 0 aliphatic rings. The first-order valence-electron chi connectivity index (χ1n) is 9.22. The average Bonchev–Trinajstić information content (AvgIpc) is 3.20. The summed E-state index contributed by atoms with van der Waals surface area (Å²) in [6.45, 7) is 2.49. The van der Waals surface area contributed by atoms with E-state index in [4.69, 9.17) is 0 Å². The minimum atomic E-state index is -0.461. The fourth-order valence-electron chi connectivity index (χ4n) is 2.76. The zero-order valence-electron chi connectivity index (χ0n) is 16.8. The van der Waals surface area contributed by atoms with Gasteiger partial charge in [-0.25, -0.2) is 4.79 Å². The van der Waals surface area contributed by atoms with Gasteiger partial charge in [0.05, 0.1) is 23.3 Å². The Bertz CT molecular complexity index is 1100. The SMILES string of the molecule is CCn1c(SCC(=O)Nc2ccc(C(=O)OC)cc2)nnc1-c1ccc([N+](=O)[O-])cc1. The van der Waals surface area contributed by atoms with E-state index in [0.717, 1.165) is 0 Å². The topological polar surface area (TPSA) is 129 Å². The van der Waals surface area contributed by atoms with E-state index in [0.29, 0.717) is 34.3 Å². The number of esters is 1. The third-order valence-electron chi connectivity index (χ3n) is 4.29. The van der Waals surface area contributed by atoms with E-state index in [-0.39, 0.29) is 17.3 Å². The van der Waals surface area contributed by atoms with E-state index in [1.807, 2.05) is 11.5 Å². The highest BCUT2D eigenvalue weighted by Gasteiger charge is 2.16. The first-order valence-corrected chi connectivity index (χ1v) is 10.2. The second-order valence-corrected chi connectivity index (χ2v) is 7.20. The maximum absolute atomic E-state index is 12.3. The summed E-state index contributed by atoms with van der Waals surface area (Å²) in [7, 11) is 1.30. The van der Waals surface area contributed by atoms with Gasteiger partial charge < -0.3 is 14.6 Å². The van der Waals surface area contributed by atoms with Crippen LogP contribution >= 0.6 is 11.8 Å². The highest BCUT2D eigenvalue weighted by molar-refractivity contribution is 7.99. The van der Waals surface area contributed by atoms with Gasteiger partial charge in [0.1, 0.15) is 0 Å². The normalized spacial score (nSPS) is 10.5. The number of carbonyl (C=O) groups excluding carboxylic acids is 2. The van der Waals surface area contributed by atoms with E-state index in [2.05, 4.69) is 20.3 Å². The Morgan fingerprint density at radius 1 is 1.13 bits per heavy atom. The third-order valence-corrected chi connectivity index (χ3v) is 5.26. The highest BCUT2D eigenvalue weighted by atomic mass is 32.2. The largest absolute Gasteiger partial charge is 0.465 e. The Hall–Kier alpha value is -3.73. The number of nitrogens with zero attached hydrogens (tertiary/aromatic N) is 4. The number of ether oxygens (including phenoxy) is 1. The van der Waals surface area contributed by atoms with Gasteiger partial charge in [-0.05, 0) is 43.3 Å². The number of anilines is 1. The molecule has 1 heterocycles. The number of nitrogens with one attached hydrogen (secondary N) is 1. The van der Waals surface area contributed by atoms with Gasteiger partial charge in [0, 0.05) is 29.9 Å². The number of methoxy groups -OCH3 is 1. The van der Waals surface area contributed by atoms with Gasteiger partial charge in [0.25, 0.3) is 5.69 Å². The number of carbonyl (C=O) groups is 2. The van der Waals surface area contributed by atoms with Crippen LogP contribution in [0.3, 0.4) is 0 Å². The quantitative estimate of drug-likeness (QED) is 0.244. The standard InChI is InChI=1S/C20H19N5O5S/c1-3-24-18(13-6-10-16(11-7-13)25(28)29)22-23-20(24)31-12-17(26)21-15-8-4-14(5-9-15)19(27)30-2/h4-11H,3,12H2,1-2H3,(H,21,26). The molecule has 1 aromatic heterocycles. The van der Waals surface area contributed by atoms with Crippen molar-refractivity contribution < 1.29 is 19.2 Å². The lowest BCUT2D eigenvalue weighted by atomic mass is 10.2. The minimum absolute atomic E-state index is 0.00259. The van der Waals surface area contributed by atoms with Crippen molar-refractivity contribution in [1.29, 1.82) is 0 Å². The number of rotatable bonds is 8. The first-order chi connectivity index (χ1) is 14.9. The zero-order chi connectivity index (χ0) is 22.4. The molecule has 0 unspecified atom stereocenters. The summed E-state index contributed by atoms with van der Waals surface area (Å²) in [6.07, 6.45) is 0. The molecular formula is C20H19N5O5S. The molecule has 31 heavy (non-hydrogen) atoms. The lowest BCUT2D eigenvalue weighted by molar-refractivity contribution is -0.384. The van der Waals surface area contributed by atoms with E-state index in [1.54, 1.807) is 36.4 Å². The summed E-state index contributed by atoms with van der Waals surface area (Å²) >= 11 is 1.23. The molecule has 1 amide bonds. The van der Waals surface area contributed by atoms with Crippen LogP contribution in [0.2, 0.25) is 0 Å². The minimum Gasteiger partial charge on any atom is -0.465 e. The van der Waals surface area contributed by atoms with E-state index >= 15 is 0 Å². The lowest BCUT2D eigenvalue weighted by Crippen LogP contribution is -2.14. The molecule has 0 radical (unpaired) electrons. The number of non-ortho nitro benzene ring substituents is 1. The number of nitro benzene ring substituents is 1. The summed E-state index contributed by atoms with van der Waals surface area (Å²) in [5, 5.41) is 22.5. The van der Waals surface area contributed by atoms with Crippen LogP contribution in [0, 0.1) is 10.1 Å². The molecule has 0 fully saturated rings. The number of amides is 1. The molecule has 0 atom stereocenters. The number of aromatic nitrogens is 3. The maximum Gasteiger partial charge on any atom is 0.337 e. The highest BCUT2D eigenvalue weighted by Crippen LogP contribution is 2.25. The monoisotopic (exact) mass is 441 g/mol. The second kappa shape index (κ2) is 9.85. The molecule has 0 spiro atoms. The Morgan fingerprint density at radius 2 is 1.81 bits per heavy atom. The molecule has 1 N–H and O–H groups in total. The molecule has 0 aliphatic heterocycles. The Balaban J connectivity index is 1.64. The fraction of sp³-hybridized carbons (Fsp3) is 0.200. The van der Waals surface area contributed by atoms with Crippen LogP contribution < -0.4 is 5.32 Å². The number of thioether (sulfide) groups is 1. The number of hydrogen-bond donors (Lipinski definition) is 1. The maximum atomic E-state index is 12.3. The van der Waals surface area contributed by atoms with Crippen molar-refractivity contribution >= 4 is 35.0 Å². The number of hydrogen-bond acceptors (Lipinski definition) is 8. The van der Waals surface area contributed by atoms with Crippen molar-refractivity contribution in [3.8, 4) is 11.4 Å². The van der Waals surface area contributed by atoms with E-state index in [9.17, 15) is 19.7 Å². The van der Waals surface area contributed by atoms with Gasteiger partial charge in [-0.15, -0.1) is 10.2 Å². The molecule has 0 aliphatic carbocycles. The Kier molecular flexibility index (Phi) is 6.98. The predicted octanol–water partition coefficient (Wildman–Crippen LogP) is 3.39. The molecule has 0 saturated carbocycles. The van der Waals surface area contributed by atoms with Crippen LogP contribution in [-0.2, 0) is 16.1 Å². The van der Waals surface area contributed by atoms with Crippen molar-refractivity contribution in [2.45, 2.75) is 18.6 Å². The van der Waals surface area contributed by atoms with Crippen molar-refractivity contribution in [3.63, 3.8) is 0 Å². The number of benzene rings is 2. The summed E-state index contributed by atoms with van der Waals surface area (Å²) in [4.78, 5) is 34.1. The zero-order valence-corrected chi connectivity index (χ0v) is 17.6. The Labute approximate surface area is 181 Å². The van der Waals surface area contributed by atoms with Gasteiger partial charge in [0.15, 0.2) is 11.0 Å². The molecular weight excluding hydrogens is 422 g/mol. The first kappa shape index (κ1) is 22.0. The van der Waals surface area contributed by atoms with Crippen LogP contribution in [0.1, 0.15) is 17.3 Å². The number of nitro groups is 1. The van der Waals surface area contributed by atoms with Crippen molar-refractivity contribution in [2.24, 2.45) is 0 Å². The predicted molar refractivity (Wildman–Crippen MR) is 115 cm³/mol. The van der Waals surface area contributed by atoms with Gasteiger partial charge in [0.2, 0.25) is 5.91 Å². The van der Waals surface area contributed by atoms with Gasteiger partial charge in [-0.3, -0.25) is 14.9 Å². The summed E-state index contributed by atoms with van der Waals surface area (Å²) < 4.78 is 6.48. The Morgan fingerprint density at radius 3 is 2.39 bits per heavy atom. The second-order valence-electron chi connectivity index (χ2n) is 6.26. The molecule has 3 aromatic rings. The van der Waals surface area contributed by atoms with Gasteiger partial charge >= 0.3 is 5.97 Å². The van der Waals surface area contributed by atoms with Crippen molar-refractivity contribution in [3.05, 3.63) is 64.2 Å². The molecule has 3 rings (SSSR count). The van der Waals surface area contributed by atoms with Gasteiger partial charge in [-0.2, -0.15) is 0 Å². The summed E-state index contributed by atoms with van der Waals surface area (Å²) in [5.74, 6) is -0.00911. The molecule has 2 aromatic carbocycles. The molecule has 0 bridgehead atoms. The molecule has 160 valence electrons. The summed E-state index contributed by atoms with van der Waals surface area (Å²) in [5.41, 5.74) is 1.64. The molecule has 0 saturated heterocycles. The third kappa shape index (κ3) is 5.25. The van der Waals surface area contributed by atoms with Crippen LogP contribution in [0.25, 0.3) is 11.4 Å². The van der Waals surface area contributed by atoms with Crippen LogP contribution in [0.4, 0.5) is 11.4 Å². The van der Waals surface area contributed by atoms with E-state index in [1.165, 1.54) is 31.0 Å². The smallest absolute Gasteiger partial charge is 0.337 e. The van der Waals surface area contributed by atoms with Crippen molar-refractivity contribution in [2.75, 3.05) is 18.2 Å². The molecule has 11 heteroatoms.